The van der Waals surface area contributed by atoms with Crippen LogP contribution in [0.4, 0.5) is 4.79 Å². The number of likely N-dealkylation sites (tertiary alicyclic amines) is 1. The third kappa shape index (κ3) is 4.70. The van der Waals surface area contributed by atoms with Crippen molar-refractivity contribution in [1.29, 1.82) is 0 Å². The Labute approximate surface area is 113 Å². The molecule has 19 heavy (non-hydrogen) atoms. The molecule has 1 N–H and O–H groups in total. The number of ether oxygens (including phenoxy) is 2. The Hall–Kier alpha value is -1.30. The van der Waals surface area contributed by atoms with Gasteiger partial charge >= 0.3 is 12.1 Å². The Morgan fingerprint density at radius 1 is 1.37 bits per heavy atom. The molecule has 2 atom stereocenters. The number of piperidine rings is 1. The lowest BCUT2D eigenvalue weighted by Gasteiger charge is -2.35. The second kappa shape index (κ2) is 6.23. The molecule has 1 saturated heterocycles. The molecule has 0 unspecified atom stereocenters. The summed E-state index contributed by atoms with van der Waals surface area (Å²) in [5, 5.41) is 9.82. The first-order valence-electron chi connectivity index (χ1n) is 6.57. The van der Waals surface area contributed by atoms with Gasteiger partial charge in [0.2, 0.25) is 0 Å². The Kier molecular flexibility index (Phi) is 5.17. The summed E-state index contributed by atoms with van der Waals surface area (Å²) in [6, 6.07) is 0. The molecule has 0 bridgehead atoms. The largest absolute Gasteiger partial charge is 0.466 e. The molecule has 6 nitrogen and oxygen atoms in total. The summed E-state index contributed by atoms with van der Waals surface area (Å²) in [5.74, 6) is -1.16. The van der Waals surface area contributed by atoms with Gasteiger partial charge in [0.15, 0.2) is 0 Å². The average Bonchev–Trinajstić information content (AvgIpc) is 2.27. The Balaban J connectivity index is 2.63. The number of amides is 1. The van der Waals surface area contributed by atoms with Crippen LogP contribution < -0.4 is 0 Å². The van der Waals surface area contributed by atoms with Gasteiger partial charge in [-0.25, -0.2) is 4.79 Å². The topological polar surface area (TPSA) is 76.1 Å². The molecule has 6 heteroatoms. The zero-order chi connectivity index (χ0) is 14.6. The highest BCUT2D eigenvalue weighted by Crippen LogP contribution is 2.21. The number of hydrogen-bond donors (Lipinski definition) is 1. The first kappa shape index (κ1) is 15.8. The second-order valence-corrected chi connectivity index (χ2v) is 5.64. The van der Waals surface area contributed by atoms with Crippen molar-refractivity contribution in [2.75, 3.05) is 19.7 Å². The fourth-order valence-corrected chi connectivity index (χ4v) is 1.91. The number of aliphatic hydroxyl groups is 1. The van der Waals surface area contributed by atoms with E-state index in [0.717, 1.165) is 0 Å². The van der Waals surface area contributed by atoms with Crippen molar-refractivity contribution in [3.8, 4) is 0 Å². The summed E-state index contributed by atoms with van der Waals surface area (Å²) in [6.45, 7) is 7.83. The zero-order valence-corrected chi connectivity index (χ0v) is 12.0. The highest BCUT2D eigenvalue weighted by atomic mass is 16.6. The standard InChI is InChI=1S/C13H23NO5/c1-5-18-11(16)9-8-14(7-6-10(9)15)12(17)19-13(2,3)4/h9-10,15H,5-8H2,1-4H3/t9-,10-/m1/s1. The van der Waals surface area contributed by atoms with Crippen LogP contribution in [0.3, 0.4) is 0 Å². The van der Waals surface area contributed by atoms with Crippen molar-refractivity contribution in [1.82, 2.24) is 4.90 Å². The van der Waals surface area contributed by atoms with Gasteiger partial charge in [-0.1, -0.05) is 0 Å². The van der Waals surface area contributed by atoms with Crippen molar-refractivity contribution in [3.63, 3.8) is 0 Å². The summed E-state index contributed by atoms with van der Waals surface area (Å²) in [5.41, 5.74) is -0.577. The Bertz CT molecular complexity index is 336. The molecule has 1 amide bonds. The lowest BCUT2D eigenvalue weighted by molar-refractivity contribution is -0.154. The van der Waals surface area contributed by atoms with Gasteiger partial charge in [-0.15, -0.1) is 0 Å². The lowest BCUT2D eigenvalue weighted by Crippen LogP contribution is -2.50. The van der Waals surface area contributed by atoms with E-state index in [1.165, 1.54) is 4.90 Å². The quantitative estimate of drug-likeness (QED) is 0.764. The summed E-state index contributed by atoms with van der Waals surface area (Å²) >= 11 is 0. The van der Waals surface area contributed by atoms with Crippen LogP contribution in [-0.4, -0.2) is 53.5 Å². The first-order valence-corrected chi connectivity index (χ1v) is 6.57. The summed E-state index contributed by atoms with van der Waals surface area (Å²) in [4.78, 5) is 25.1. The van der Waals surface area contributed by atoms with Crippen LogP contribution in [0.2, 0.25) is 0 Å². The number of aliphatic hydroxyl groups excluding tert-OH is 1. The molecule has 0 aromatic heterocycles. The highest BCUT2D eigenvalue weighted by molar-refractivity contribution is 5.75. The minimum atomic E-state index is -0.766. The number of nitrogens with zero attached hydrogens (tertiary/aromatic N) is 1. The van der Waals surface area contributed by atoms with Crippen LogP contribution >= 0.6 is 0 Å². The SMILES string of the molecule is CCOC(=O)[C@@H]1CN(C(=O)OC(C)(C)C)CC[C@H]1O. The fourth-order valence-electron chi connectivity index (χ4n) is 1.91. The molecule has 1 rings (SSSR count). The maximum Gasteiger partial charge on any atom is 0.410 e. The van der Waals surface area contributed by atoms with Gasteiger partial charge < -0.3 is 19.5 Å². The predicted molar refractivity (Wildman–Crippen MR) is 68.6 cm³/mol. The third-order valence-corrected chi connectivity index (χ3v) is 2.82. The molecule has 0 aromatic rings. The number of carbonyl (C=O) groups excluding carboxylic acids is 2. The van der Waals surface area contributed by atoms with Gasteiger partial charge in [0, 0.05) is 13.1 Å². The van der Waals surface area contributed by atoms with Crippen LogP contribution in [-0.2, 0) is 14.3 Å². The van der Waals surface area contributed by atoms with Crippen LogP contribution in [0.15, 0.2) is 0 Å². The number of hydrogen-bond acceptors (Lipinski definition) is 5. The van der Waals surface area contributed by atoms with Gasteiger partial charge in [0.05, 0.1) is 12.7 Å². The summed E-state index contributed by atoms with van der Waals surface area (Å²) in [7, 11) is 0. The van der Waals surface area contributed by atoms with Crippen LogP contribution in [0.25, 0.3) is 0 Å². The van der Waals surface area contributed by atoms with E-state index in [0.29, 0.717) is 13.0 Å². The number of rotatable bonds is 2. The second-order valence-electron chi connectivity index (χ2n) is 5.64. The maximum absolute atomic E-state index is 11.9. The number of carbonyl (C=O) groups is 2. The molecule has 0 saturated carbocycles. The molecule has 0 spiro atoms. The predicted octanol–water partition coefficient (Wildman–Crippen LogP) is 1.17. The van der Waals surface area contributed by atoms with E-state index < -0.39 is 29.7 Å². The van der Waals surface area contributed by atoms with E-state index in [9.17, 15) is 14.7 Å². The molecule has 0 aliphatic carbocycles. The Morgan fingerprint density at radius 2 is 2.00 bits per heavy atom. The van der Waals surface area contributed by atoms with Gasteiger partial charge in [0.1, 0.15) is 11.5 Å². The molecule has 1 heterocycles. The van der Waals surface area contributed by atoms with Crippen molar-refractivity contribution >= 4 is 12.1 Å². The van der Waals surface area contributed by atoms with Crippen molar-refractivity contribution in [3.05, 3.63) is 0 Å². The molecular weight excluding hydrogens is 250 g/mol. The summed E-state index contributed by atoms with van der Waals surface area (Å²) < 4.78 is 10.2. The lowest BCUT2D eigenvalue weighted by atomic mass is 9.95. The third-order valence-electron chi connectivity index (χ3n) is 2.82. The van der Waals surface area contributed by atoms with E-state index >= 15 is 0 Å². The van der Waals surface area contributed by atoms with Crippen LogP contribution in [0.1, 0.15) is 34.1 Å². The Morgan fingerprint density at radius 3 is 2.53 bits per heavy atom. The minimum absolute atomic E-state index is 0.134. The van der Waals surface area contributed by atoms with E-state index in [1.54, 1.807) is 27.7 Å². The molecule has 1 fully saturated rings. The van der Waals surface area contributed by atoms with E-state index in [1.807, 2.05) is 0 Å². The van der Waals surface area contributed by atoms with Crippen LogP contribution in [0, 0.1) is 5.92 Å². The van der Waals surface area contributed by atoms with E-state index in [-0.39, 0.29) is 13.2 Å². The zero-order valence-electron chi connectivity index (χ0n) is 12.0. The number of esters is 1. The van der Waals surface area contributed by atoms with Gasteiger partial charge in [-0.2, -0.15) is 0 Å². The summed E-state index contributed by atoms with van der Waals surface area (Å²) in [6.07, 6.45) is -0.880. The normalized spacial score (nSPS) is 23.9. The molecular formula is C13H23NO5. The molecule has 0 aromatic carbocycles. The van der Waals surface area contributed by atoms with Crippen molar-refractivity contribution in [2.24, 2.45) is 5.92 Å². The van der Waals surface area contributed by atoms with E-state index in [2.05, 4.69) is 0 Å². The van der Waals surface area contributed by atoms with Crippen molar-refractivity contribution < 1.29 is 24.2 Å². The van der Waals surface area contributed by atoms with E-state index in [4.69, 9.17) is 9.47 Å². The van der Waals surface area contributed by atoms with Gasteiger partial charge in [-0.3, -0.25) is 4.79 Å². The van der Waals surface area contributed by atoms with Gasteiger partial charge in [0.25, 0.3) is 0 Å². The van der Waals surface area contributed by atoms with Gasteiger partial charge in [-0.05, 0) is 34.1 Å². The molecule has 110 valence electrons. The molecule has 1 aliphatic rings. The fraction of sp³-hybridized carbons (Fsp3) is 0.846. The van der Waals surface area contributed by atoms with Crippen molar-refractivity contribution in [2.45, 2.75) is 45.8 Å². The maximum atomic E-state index is 11.9. The smallest absolute Gasteiger partial charge is 0.410 e. The minimum Gasteiger partial charge on any atom is -0.466 e. The highest BCUT2D eigenvalue weighted by Gasteiger charge is 2.37. The average molecular weight is 273 g/mol. The van der Waals surface area contributed by atoms with Crippen LogP contribution in [0.5, 0.6) is 0 Å². The monoisotopic (exact) mass is 273 g/mol. The molecule has 1 aliphatic heterocycles. The molecule has 0 radical (unpaired) electrons. The first-order chi connectivity index (χ1) is 8.74.